The number of benzene rings is 1. The summed E-state index contributed by atoms with van der Waals surface area (Å²) in [5.74, 6) is -1.26. The van der Waals surface area contributed by atoms with Crippen LogP contribution in [0.5, 0.6) is 0 Å². The Morgan fingerprint density at radius 3 is 2.34 bits per heavy atom. The molecule has 1 aliphatic rings. The van der Waals surface area contributed by atoms with Gasteiger partial charge in [0.05, 0.1) is 6.42 Å². The summed E-state index contributed by atoms with van der Waals surface area (Å²) in [5.41, 5.74) is 0.0476. The second kappa shape index (κ2) is 10.6. The molecule has 0 aliphatic heterocycles. The van der Waals surface area contributed by atoms with Crippen LogP contribution in [0.15, 0.2) is 28.7 Å². The fourth-order valence-corrected chi connectivity index (χ4v) is 3.15. The van der Waals surface area contributed by atoms with Crippen molar-refractivity contribution in [2.75, 3.05) is 0 Å². The second-order valence-corrected chi connectivity index (χ2v) is 8.95. The molecule has 2 rings (SSSR count). The van der Waals surface area contributed by atoms with Gasteiger partial charge in [0.15, 0.2) is 0 Å². The molecule has 0 saturated heterocycles. The molecule has 0 bridgehead atoms. The van der Waals surface area contributed by atoms with Crippen LogP contribution in [0.4, 0.5) is 4.79 Å². The third-order valence-corrected chi connectivity index (χ3v) is 4.77. The van der Waals surface area contributed by atoms with Crippen molar-refractivity contribution >= 4 is 34.0 Å². The molecule has 0 aromatic heterocycles. The zero-order valence-corrected chi connectivity index (χ0v) is 18.6. The average molecular weight is 470 g/mol. The van der Waals surface area contributed by atoms with Gasteiger partial charge in [0.25, 0.3) is 0 Å². The molecule has 160 valence electrons. The Hall–Kier alpha value is -2.09. The number of carbonyl (C=O) groups is 3. The van der Waals surface area contributed by atoms with E-state index in [1.165, 1.54) is 0 Å². The third kappa shape index (κ3) is 8.85. The maximum Gasteiger partial charge on any atom is 0.408 e. The number of esters is 2. The zero-order chi connectivity index (χ0) is 21.4. The quantitative estimate of drug-likeness (QED) is 0.473. The highest BCUT2D eigenvalue weighted by Gasteiger charge is 2.30. The summed E-state index contributed by atoms with van der Waals surface area (Å²) < 4.78 is 16.8. The summed E-state index contributed by atoms with van der Waals surface area (Å²) in [7, 11) is 0. The van der Waals surface area contributed by atoms with Crippen molar-refractivity contribution in [3.8, 4) is 0 Å². The van der Waals surface area contributed by atoms with Gasteiger partial charge in [0.1, 0.15) is 24.4 Å². The Balaban J connectivity index is 1.97. The van der Waals surface area contributed by atoms with Gasteiger partial charge in [-0.1, -0.05) is 28.1 Å². The predicted molar refractivity (Wildman–Crippen MR) is 110 cm³/mol. The zero-order valence-electron chi connectivity index (χ0n) is 17.0. The molecule has 7 nitrogen and oxygen atoms in total. The van der Waals surface area contributed by atoms with E-state index in [9.17, 15) is 14.4 Å². The maximum absolute atomic E-state index is 12.5. The summed E-state index contributed by atoms with van der Waals surface area (Å²) in [6.07, 6.45) is 2.46. The van der Waals surface area contributed by atoms with E-state index in [0.29, 0.717) is 0 Å². The van der Waals surface area contributed by atoms with Crippen LogP contribution in [0.1, 0.15) is 58.4 Å². The Labute approximate surface area is 179 Å². The molecule has 0 radical (unpaired) electrons. The lowest BCUT2D eigenvalue weighted by Gasteiger charge is -2.23. The highest BCUT2D eigenvalue weighted by atomic mass is 79.9. The van der Waals surface area contributed by atoms with E-state index in [-0.39, 0.29) is 19.1 Å². The van der Waals surface area contributed by atoms with E-state index in [1.807, 2.05) is 24.3 Å². The average Bonchev–Trinajstić information content (AvgIpc) is 3.11. The SMILES string of the molecule is CC(C)(C)OC(=O)N[C@@H](CC(=O)OC1CCCC1)C(=O)OCc1ccc(Br)cc1. The first kappa shape index (κ1) is 23.2. The number of amides is 1. The minimum Gasteiger partial charge on any atom is -0.462 e. The van der Waals surface area contributed by atoms with Crippen molar-refractivity contribution in [1.29, 1.82) is 0 Å². The van der Waals surface area contributed by atoms with Crippen LogP contribution in [0.3, 0.4) is 0 Å². The van der Waals surface area contributed by atoms with Gasteiger partial charge in [-0.2, -0.15) is 0 Å². The molecule has 29 heavy (non-hydrogen) atoms. The van der Waals surface area contributed by atoms with Crippen LogP contribution in [0, 0.1) is 0 Å². The van der Waals surface area contributed by atoms with Crippen molar-refractivity contribution in [2.45, 2.75) is 77.2 Å². The van der Waals surface area contributed by atoms with Crippen molar-refractivity contribution < 1.29 is 28.6 Å². The molecule has 0 heterocycles. The molecule has 1 amide bonds. The van der Waals surface area contributed by atoms with Gasteiger partial charge in [-0.15, -0.1) is 0 Å². The van der Waals surface area contributed by atoms with E-state index >= 15 is 0 Å². The molecule has 1 atom stereocenters. The number of hydrogen-bond acceptors (Lipinski definition) is 6. The highest BCUT2D eigenvalue weighted by molar-refractivity contribution is 9.10. The normalized spacial score (nSPS) is 15.4. The summed E-state index contributed by atoms with van der Waals surface area (Å²) in [4.78, 5) is 36.9. The van der Waals surface area contributed by atoms with Gasteiger partial charge in [0.2, 0.25) is 0 Å². The number of rotatable bonds is 7. The Morgan fingerprint density at radius 1 is 1.14 bits per heavy atom. The van der Waals surface area contributed by atoms with E-state index in [4.69, 9.17) is 14.2 Å². The first-order chi connectivity index (χ1) is 13.6. The van der Waals surface area contributed by atoms with Gasteiger partial charge < -0.3 is 19.5 Å². The van der Waals surface area contributed by atoms with Gasteiger partial charge in [0, 0.05) is 4.47 Å². The Bertz CT molecular complexity index is 707. The lowest BCUT2D eigenvalue weighted by molar-refractivity contribution is -0.156. The van der Waals surface area contributed by atoms with Gasteiger partial charge >= 0.3 is 18.0 Å². The molecule has 8 heteroatoms. The number of carbonyl (C=O) groups excluding carboxylic acids is 3. The molecule has 1 N–H and O–H groups in total. The van der Waals surface area contributed by atoms with Crippen molar-refractivity contribution in [3.05, 3.63) is 34.3 Å². The van der Waals surface area contributed by atoms with Crippen LogP contribution in [0.2, 0.25) is 0 Å². The molecule has 0 spiro atoms. The molecule has 1 fully saturated rings. The molecule has 1 aromatic carbocycles. The minimum atomic E-state index is -1.19. The molecule has 0 unspecified atom stereocenters. The molecule has 1 saturated carbocycles. The second-order valence-electron chi connectivity index (χ2n) is 8.03. The van der Waals surface area contributed by atoms with Crippen LogP contribution >= 0.6 is 15.9 Å². The van der Waals surface area contributed by atoms with Gasteiger partial charge in [-0.05, 0) is 64.2 Å². The van der Waals surface area contributed by atoms with Crippen molar-refractivity contribution in [2.24, 2.45) is 0 Å². The lowest BCUT2D eigenvalue weighted by Crippen LogP contribution is -2.45. The maximum atomic E-state index is 12.5. The van der Waals surface area contributed by atoms with Gasteiger partial charge in [-0.25, -0.2) is 9.59 Å². The molecular weight excluding hydrogens is 442 g/mol. The molecule has 1 aromatic rings. The lowest BCUT2D eigenvalue weighted by atomic mass is 10.2. The fourth-order valence-electron chi connectivity index (χ4n) is 2.89. The number of alkyl carbamates (subject to hydrolysis) is 1. The Morgan fingerprint density at radius 2 is 1.76 bits per heavy atom. The summed E-state index contributed by atoms with van der Waals surface area (Å²) in [6, 6.07) is 6.09. The Kier molecular flexibility index (Phi) is 8.49. The standard InChI is InChI=1S/C21H28BrNO6/c1-21(2,3)29-20(26)23-17(12-18(24)28-16-6-4-5-7-16)19(25)27-13-14-8-10-15(22)11-9-14/h8-11,16-17H,4-7,12-13H2,1-3H3,(H,23,26)/t17-/m0/s1. The van der Waals surface area contributed by atoms with E-state index in [0.717, 1.165) is 35.7 Å². The minimum absolute atomic E-state index is 0.0241. The summed E-state index contributed by atoms with van der Waals surface area (Å²) >= 11 is 3.34. The monoisotopic (exact) mass is 469 g/mol. The fraction of sp³-hybridized carbons (Fsp3) is 0.571. The number of ether oxygens (including phenoxy) is 3. The van der Waals surface area contributed by atoms with Crippen molar-refractivity contribution in [1.82, 2.24) is 5.32 Å². The third-order valence-electron chi connectivity index (χ3n) is 4.24. The van der Waals surface area contributed by atoms with Gasteiger partial charge in [-0.3, -0.25) is 4.79 Å². The first-order valence-electron chi connectivity index (χ1n) is 9.72. The molecular formula is C21H28BrNO6. The number of halogens is 1. The van der Waals surface area contributed by atoms with Crippen LogP contribution in [-0.2, 0) is 30.4 Å². The summed E-state index contributed by atoms with van der Waals surface area (Å²) in [6.45, 7) is 5.15. The van der Waals surface area contributed by atoms with Crippen LogP contribution in [-0.4, -0.2) is 35.8 Å². The van der Waals surface area contributed by atoms with E-state index in [1.54, 1.807) is 20.8 Å². The van der Waals surface area contributed by atoms with Crippen molar-refractivity contribution in [3.63, 3.8) is 0 Å². The topological polar surface area (TPSA) is 90.9 Å². The largest absolute Gasteiger partial charge is 0.462 e. The first-order valence-corrected chi connectivity index (χ1v) is 10.5. The number of nitrogens with one attached hydrogen (secondary N) is 1. The smallest absolute Gasteiger partial charge is 0.408 e. The predicted octanol–water partition coefficient (Wildman–Crippen LogP) is 4.26. The molecule has 1 aliphatic carbocycles. The van der Waals surface area contributed by atoms with Crippen LogP contribution < -0.4 is 5.32 Å². The summed E-state index contributed by atoms with van der Waals surface area (Å²) in [5, 5.41) is 2.43. The van der Waals surface area contributed by atoms with E-state index < -0.39 is 29.7 Å². The van der Waals surface area contributed by atoms with E-state index in [2.05, 4.69) is 21.2 Å². The highest BCUT2D eigenvalue weighted by Crippen LogP contribution is 2.21. The number of hydrogen-bond donors (Lipinski definition) is 1. The van der Waals surface area contributed by atoms with Crippen LogP contribution in [0.25, 0.3) is 0 Å².